The molecule has 1 fully saturated rings. The molecule has 1 aromatic carbocycles. The van der Waals surface area contributed by atoms with Crippen LogP contribution in [-0.4, -0.2) is 16.6 Å². The number of epoxide rings is 1. The highest BCUT2D eigenvalue weighted by atomic mass is 16.6. The van der Waals surface area contributed by atoms with Crippen molar-refractivity contribution in [2.24, 2.45) is 0 Å². The predicted molar refractivity (Wildman–Crippen MR) is 83.1 cm³/mol. The van der Waals surface area contributed by atoms with E-state index in [1.54, 1.807) is 12.1 Å². The van der Waals surface area contributed by atoms with Gasteiger partial charge in [0.05, 0.1) is 4.92 Å². The quantitative estimate of drug-likeness (QED) is 0.421. The third kappa shape index (κ3) is 2.58. The van der Waals surface area contributed by atoms with Gasteiger partial charge < -0.3 is 9.47 Å². The minimum absolute atomic E-state index is 0.0302. The molecule has 0 aliphatic carbocycles. The van der Waals surface area contributed by atoms with E-state index in [1.807, 2.05) is 0 Å². The van der Waals surface area contributed by atoms with Gasteiger partial charge in [-0.25, -0.2) is 0 Å². The maximum Gasteiger partial charge on any atom is 0.270 e. The molecule has 2 aliphatic heterocycles. The third-order valence-corrected chi connectivity index (χ3v) is 4.74. The first-order valence-corrected chi connectivity index (χ1v) is 8.24. The molecule has 120 valence electrons. The fourth-order valence-corrected chi connectivity index (χ4v) is 3.45. The van der Waals surface area contributed by atoms with Crippen LogP contribution >= 0.6 is 0 Å². The van der Waals surface area contributed by atoms with Crippen molar-refractivity contribution in [1.29, 1.82) is 0 Å². The van der Waals surface area contributed by atoms with Crippen molar-refractivity contribution in [1.82, 2.24) is 0 Å². The number of ether oxygens (including phenoxy) is 2. The van der Waals surface area contributed by atoms with Gasteiger partial charge in [-0.1, -0.05) is 26.7 Å². The maximum absolute atomic E-state index is 10.9. The lowest BCUT2D eigenvalue weighted by Crippen LogP contribution is -2.44. The molecule has 0 bridgehead atoms. The Morgan fingerprint density at radius 1 is 1.23 bits per heavy atom. The van der Waals surface area contributed by atoms with Crippen LogP contribution < -0.4 is 4.74 Å². The van der Waals surface area contributed by atoms with E-state index in [4.69, 9.17) is 9.47 Å². The van der Waals surface area contributed by atoms with Crippen LogP contribution in [0.2, 0.25) is 0 Å². The Balaban J connectivity index is 1.89. The molecule has 0 aromatic heterocycles. The Kier molecular flexibility index (Phi) is 4.08. The molecule has 22 heavy (non-hydrogen) atoms. The van der Waals surface area contributed by atoms with E-state index in [0.717, 1.165) is 49.8 Å². The minimum atomic E-state index is -0.367. The molecule has 1 saturated heterocycles. The van der Waals surface area contributed by atoms with Crippen molar-refractivity contribution in [3.8, 4) is 5.75 Å². The van der Waals surface area contributed by atoms with Gasteiger partial charge in [0.1, 0.15) is 23.6 Å². The summed E-state index contributed by atoms with van der Waals surface area (Å²) in [5, 5.41) is 10.9. The van der Waals surface area contributed by atoms with Gasteiger partial charge >= 0.3 is 0 Å². The topological polar surface area (TPSA) is 64.9 Å². The van der Waals surface area contributed by atoms with Crippen LogP contribution in [0.15, 0.2) is 18.2 Å². The van der Waals surface area contributed by atoms with Crippen LogP contribution in [0.1, 0.15) is 64.0 Å². The lowest BCUT2D eigenvalue weighted by Gasteiger charge is -2.36. The Hall–Kier alpha value is -1.62. The summed E-state index contributed by atoms with van der Waals surface area (Å²) in [6.45, 7) is 4.36. The summed E-state index contributed by atoms with van der Waals surface area (Å²) in [4.78, 5) is 10.6. The first kappa shape index (κ1) is 15.3. The number of unbranched alkanes of at least 4 members (excludes halogenated alkanes) is 2. The van der Waals surface area contributed by atoms with Crippen molar-refractivity contribution in [3.05, 3.63) is 33.9 Å². The van der Waals surface area contributed by atoms with Gasteiger partial charge in [0.15, 0.2) is 0 Å². The van der Waals surface area contributed by atoms with Crippen LogP contribution in [0.3, 0.4) is 0 Å². The highest BCUT2D eigenvalue weighted by Gasteiger charge is 2.60. The van der Waals surface area contributed by atoms with Crippen LogP contribution in [0.5, 0.6) is 5.75 Å². The summed E-state index contributed by atoms with van der Waals surface area (Å²) < 4.78 is 12.3. The molecular formula is C17H23NO4. The number of benzene rings is 1. The molecule has 2 aliphatic rings. The maximum atomic E-state index is 10.9. The van der Waals surface area contributed by atoms with Gasteiger partial charge in [0.2, 0.25) is 0 Å². The molecular weight excluding hydrogens is 282 g/mol. The van der Waals surface area contributed by atoms with E-state index >= 15 is 0 Å². The fraction of sp³-hybridized carbons (Fsp3) is 0.647. The van der Waals surface area contributed by atoms with Gasteiger partial charge in [-0.15, -0.1) is 0 Å². The lowest BCUT2D eigenvalue weighted by molar-refractivity contribution is -0.385. The van der Waals surface area contributed by atoms with Crippen molar-refractivity contribution < 1.29 is 14.4 Å². The molecule has 5 nitrogen and oxygen atoms in total. The van der Waals surface area contributed by atoms with Gasteiger partial charge in [0.25, 0.3) is 5.69 Å². The molecule has 3 rings (SSSR count). The molecule has 2 atom stereocenters. The molecule has 2 unspecified atom stereocenters. The van der Waals surface area contributed by atoms with Crippen molar-refractivity contribution >= 4 is 5.69 Å². The number of hydrogen-bond donors (Lipinski definition) is 0. The molecule has 0 N–H and O–H groups in total. The van der Waals surface area contributed by atoms with E-state index in [9.17, 15) is 10.1 Å². The normalized spacial score (nSPS) is 24.1. The van der Waals surface area contributed by atoms with Crippen LogP contribution in [-0.2, 0) is 4.74 Å². The minimum Gasteiger partial charge on any atom is -0.484 e. The fourth-order valence-electron chi connectivity index (χ4n) is 3.45. The second-order valence-electron chi connectivity index (χ2n) is 6.33. The van der Waals surface area contributed by atoms with E-state index in [2.05, 4.69) is 13.8 Å². The van der Waals surface area contributed by atoms with Crippen molar-refractivity contribution in [3.63, 3.8) is 0 Å². The largest absolute Gasteiger partial charge is 0.484 e. The zero-order valence-corrected chi connectivity index (χ0v) is 13.2. The summed E-state index contributed by atoms with van der Waals surface area (Å²) in [6, 6.07) is 4.85. The van der Waals surface area contributed by atoms with Crippen molar-refractivity contribution in [2.45, 2.75) is 70.2 Å². The second kappa shape index (κ2) is 5.88. The Morgan fingerprint density at radius 2 is 1.91 bits per heavy atom. The summed E-state index contributed by atoms with van der Waals surface area (Å²) in [5.74, 6) is 0.761. The summed E-state index contributed by atoms with van der Waals surface area (Å²) >= 11 is 0. The van der Waals surface area contributed by atoms with Crippen LogP contribution in [0.25, 0.3) is 0 Å². The average molecular weight is 305 g/mol. The number of nitrogens with zero attached hydrogens (tertiary/aromatic N) is 1. The monoisotopic (exact) mass is 305 g/mol. The molecule has 2 heterocycles. The van der Waals surface area contributed by atoms with E-state index < -0.39 is 0 Å². The van der Waals surface area contributed by atoms with Gasteiger partial charge in [-0.2, -0.15) is 0 Å². The van der Waals surface area contributed by atoms with Crippen LogP contribution in [0, 0.1) is 10.1 Å². The number of non-ortho nitro benzene ring substituents is 1. The third-order valence-electron chi connectivity index (χ3n) is 4.74. The van der Waals surface area contributed by atoms with Gasteiger partial charge in [-0.3, -0.25) is 10.1 Å². The average Bonchev–Trinajstić information content (AvgIpc) is 3.32. The SMILES string of the molecule is CCCCC1(CCCC)Oc2ccc([N+](=O)[O-])cc2C2OC21. The summed E-state index contributed by atoms with van der Waals surface area (Å²) in [7, 11) is 0. The lowest BCUT2D eigenvalue weighted by atomic mass is 9.82. The Morgan fingerprint density at radius 3 is 2.50 bits per heavy atom. The predicted octanol–water partition coefficient (Wildman–Crippen LogP) is 4.55. The van der Waals surface area contributed by atoms with E-state index in [0.29, 0.717) is 0 Å². The zero-order chi connectivity index (χ0) is 15.7. The first-order chi connectivity index (χ1) is 10.6. The number of hydrogen-bond acceptors (Lipinski definition) is 4. The highest BCUT2D eigenvalue weighted by molar-refractivity contribution is 5.49. The molecule has 1 aromatic rings. The smallest absolute Gasteiger partial charge is 0.270 e. The number of nitro benzene ring substituents is 1. The Labute approximate surface area is 130 Å². The summed E-state index contributed by atoms with van der Waals surface area (Å²) in [5.41, 5.74) is 0.689. The molecule has 0 amide bonds. The van der Waals surface area contributed by atoms with E-state index in [1.165, 1.54) is 6.07 Å². The number of nitro groups is 1. The number of rotatable bonds is 7. The highest BCUT2D eigenvalue weighted by Crippen LogP contribution is 2.57. The molecule has 0 saturated carbocycles. The van der Waals surface area contributed by atoms with Crippen molar-refractivity contribution in [2.75, 3.05) is 0 Å². The zero-order valence-electron chi connectivity index (χ0n) is 13.2. The van der Waals surface area contributed by atoms with Gasteiger partial charge in [0, 0.05) is 17.7 Å². The van der Waals surface area contributed by atoms with E-state index in [-0.39, 0.29) is 28.4 Å². The molecule has 0 radical (unpaired) electrons. The first-order valence-electron chi connectivity index (χ1n) is 8.24. The van der Waals surface area contributed by atoms with Gasteiger partial charge in [-0.05, 0) is 31.7 Å². The standard InChI is InChI=1S/C17H23NO4/c1-3-5-9-17(10-6-4-2)16-15(21-16)13-11-12(18(19)20)7-8-14(13)22-17/h7-8,11,15-16H,3-6,9-10H2,1-2H3. The Bertz CT molecular complexity index is 564. The molecule has 0 spiro atoms. The summed E-state index contributed by atoms with van der Waals surface area (Å²) in [6.07, 6.45) is 6.47. The molecule has 5 heteroatoms. The van der Waals surface area contributed by atoms with Crippen LogP contribution in [0.4, 0.5) is 5.69 Å². The number of fused-ring (bicyclic) bond motifs is 3. The second-order valence-corrected chi connectivity index (χ2v) is 6.33.